The molecule has 1 atom stereocenters. The van der Waals surface area contributed by atoms with Gasteiger partial charge in [0.25, 0.3) is 0 Å². The second-order valence-electron chi connectivity index (χ2n) is 6.00. The van der Waals surface area contributed by atoms with Gasteiger partial charge in [0, 0.05) is 12.4 Å². The van der Waals surface area contributed by atoms with Crippen LogP contribution in [0.3, 0.4) is 0 Å². The summed E-state index contributed by atoms with van der Waals surface area (Å²) in [4.78, 5) is 27.4. The third-order valence-corrected chi connectivity index (χ3v) is 4.31. The number of carbonyl (C=O) groups excluding carboxylic acids is 2. The molecule has 1 saturated carbocycles. The normalized spacial score (nSPS) is 17.2. The fourth-order valence-electron chi connectivity index (χ4n) is 3.10. The molecule has 0 aromatic carbocycles. The Morgan fingerprint density at radius 3 is 2.26 bits per heavy atom. The van der Waals surface area contributed by atoms with Gasteiger partial charge >= 0.3 is 18.9 Å². The molecule has 1 aliphatic carbocycles. The molecule has 1 N–H and O–H groups in total. The van der Waals surface area contributed by atoms with E-state index >= 15 is 0 Å². The number of carboxylic acid groups (broad SMARTS) is 1. The second kappa shape index (κ2) is 10.5. The first-order chi connectivity index (χ1) is 10.7. The Bertz CT molecular complexity index is 488. The van der Waals surface area contributed by atoms with E-state index in [4.69, 9.17) is 0 Å². The molecule has 23 heavy (non-hydrogen) atoms. The van der Waals surface area contributed by atoms with E-state index in [1.54, 1.807) is 24.5 Å². The molecule has 0 aliphatic heterocycles. The number of aliphatic carboxylic acids is 1. The van der Waals surface area contributed by atoms with E-state index in [1.807, 2.05) is 0 Å². The molecule has 0 spiro atoms. The summed E-state index contributed by atoms with van der Waals surface area (Å²) in [5, 5.41) is 14.1. The minimum Gasteiger partial charge on any atom is -0.548 e. The van der Waals surface area contributed by atoms with Crippen LogP contribution in [0.25, 0.3) is 0 Å². The molecule has 1 aromatic heterocycles. The summed E-state index contributed by atoms with van der Waals surface area (Å²) >= 11 is 0. The average molecular weight is 310 g/mol. The van der Waals surface area contributed by atoms with Gasteiger partial charge in [-0.3, -0.25) is 9.78 Å². The molecule has 6 heteroatoms. The van der Waals surface area contributed by atoms with Gasteiger partial charge in [0.05, 0.1) is 18.4 Å². The number of nitrogens with zero attached hydrogens (tertiary/aromatic N) is 1. The third-order valence-electron chi connectivity index (χ3n) is 4.31. The van der Waals surface area contributed by atoms with Gasteiger partial charge in [-0.25, -0.2) is 0 Å². The predicted octanol–water partition coefficient (Wildman–Crippen LogP) is -1.78. The molecule has 1 fully saturated rings. The minimum atomic E-state index is -1.17. The van der Waals surface area contributed by atoms with Crippen molar-refractivity contribution in [3.05, 3.63) is 30.1 Å². The van der Waals surface area contributed by atoms with Crippen LogP contribution in [0.2, 0.25) is 0 Å². The SMILES string of the molecule is O=C(Cc1ccncc1)NC(C(=O)[O-])C1CCCCCCC1.[Li+]. The number of carbonyl (C=O) groups is 2. The third kappa shape index (κ3) is 6.76. The molecular weight excluding hydrogens is 287 g/mol. The van der Waals surface area contributed by atoms with E-state index in [9.17, 15) is 14.7 Å². The summed E-state index contributed by atoms with van der Waals surface area (Å²) in [7, 11) is 0. The molecule has 1 aliphatic rings. The van der Waals surface area contributed by atoms with E-state index in [0.717, 1.165) is 44.1 Å². The molecule has 2 rings (SSSR count). The van der Waals surface area contributed by atoms with Gasteiger partial charge in [-0.2, -0.15) is 0 Å². The molecule has 1 heterocycles. The zero-order valence-electron chi connectivity index (χ0n) is 13.8. The minimum absolute atomic E-state index is 0. The van der Waals surface area contributed by atoms with Crippen molar-refractivity contribution in [1.29, 1.82) is 0 Å². The van der Waals surface area contributed by atoms with E-state index in [0.29, 0.717) is 0 Å². The van der Waals surface area contributed by atoms with E-state index in [-0.39, 0.29) is 37.1 Å². The van der Waals surface area contributed by atoms with Crippen LogP contribution in [0.4, 0.5) is 0 Å². The maximum Gasteiger partial charge on any atom is 1.00 e. The van der Waals surface area contributed by atoms with Crippen molar-refractivity contribution < 1.29 is 33.6 Å². The smallest absolute Gasteiger partial charge is 0.548 e. The van der Waals surface area contributed by atoms with Crippen LogP contribution in [0.5, 0.6) is 0 Å². The Labute approximate surface area is 149 Å². The molecule has 0 saturated heterocycles. The quantitative estimate of drug-likeness (QED) is 0.652. The van der Waals surface area contributed by atoms with Crippen molar-refractivity contribution in [2.75, 3.05) is 0 Å². The topological polar surface area (TPSA) is 82.1 Å². The van der Waals surface area contributed by atoms with Crippen LogP contribution in [0.1, 0.15) is 50.5 Å². The Kier molecular flexibility index (Phi) is 8.97. The number of amides is 1. The summed E-state index contributed by atoms with van der Waals surface area (Å²) in [6, 6.07) is 2.62. The average Bonchev–Trinajstić information content (AvgIpc) is 2.46. The monoisotopic (exact) mass is 310 g/mol. The van der Waals surface area contributed by atoms with E-state index in [2.05, 4.69) is 10.3 Å². The molecule has 0 bridgehead atoms. The molecule has 1 aromatic rings. The largest absolute Gasteiger partial charge is 1.00 e. The first kappa shape index (κ1) is 19.7. The Morgan fingerprint density at radius 2 is 1.70 bits per heavy atom. The van der Waals surface area contributed by atoms with Crippen LogP contribution >= 0.6 is 0 Å². The van der Waals surface area contributed by atoms with Crippen molar-refractivity contribution in [2.24, 2.45) is 5.92 Å². The maximum atomic E-state index is 12.1. The van der Waals surface area contributed by atoms with Crippen LogP contribution in [0, 0.1) is 5.92 Å². The van der Waals surface area contributed by atoms with Crippen molar-refractivity contribution in [3.63, 3.8) is 0 Å². The second-order valence-corrected chi connectivity index (χ2v) is 6.00. The summed E-state index contributed by atoms with van der Waals surface area (Å²) in [5.41, 5.74) is 0.822. The van der Waals surface area contributed by atoms with E-state index < -0.39 is 12.0 Å². The van der Waals surface area contributed by atoms with Crippen LogP contribution < -0.4 is 29.3 Å². The first-order valence-corrected chi connectivity index (χ1v) is 8.06. The van der Waals surface area contributed by atoms with Gasteiger partial charge < -0.3 is 15.2 Å². The first-order valence-electron chi connectivity index (χ1n) is 8.06. The number of rotatable bonds is 5. The molecule has 5 nitrogen and oxygen atoms in total. The maximum absolute atomic E-state index is 12.1. The number of hydrogen-bond donors (Lipinski definition) is 1. The Morgan fingerprint density at radius 1 is 1.13 bits per heavy atom. The Balaban J connectivity index is 0.00000264. The number of hydrogen-bond acceptors (Lipinski definition) is 4. The van der Waals surface area contributed by atoms with Crippen molar-refractivity contribution in [1.82, 2.24) is 10.3 Å². The van der Waals surface area contributed by atoms with Crippen molar-refractivity contribution >= 4 is 11.9 Å². The number of pyridine rings is 1. The molecule has 1 unspecified atom stereocenters. The van der Waals surface area contributed by atoms with Gasteiger partial charge in [0.1, 0.15) is 0 Å². The fraction of sp³-hybridized carbons (Fsp3) is 0.588. The summed E-state index contributed by atoms with van der Waals surface area (Å²) in [6.45, 7) is 0. The summed E-state index contributed by atoms with van der Waals surface area (Å²) in [5.74, 6) is -1.47. The van der Waals surface area contributed by atoms with Crippen LogP contribution in [0.15, 0.2) is 24.5 Å². The van der Waals surface area contributed by atoms with E-state index in [1.165, 1.54) is 6.42 Å². The fourth-order valence-corrected chi connectivity index (χ4v) is 3.10. The Hall–Kier alpha value is -1.31. The zero-order valence-corrected chi connectivity index (χ0v) is 13.8. The van der Waals surface area contributed by atoms with Gasteiger partial charge in [0.15, 0.2) is 0 Å². The molecule has 1 amide bonds. The predicted molar refractivity (Wildman–Crippen MR) is 80.7 cm³/mol. The summed E-state index contributed by atoms with van der Waals surface area (Å²) in [6.07, 6.45) is 10.6. The van der Waals surface area contributed by atoms with Crippen LogP contribution in [-0.2, 0) is 16.0 Å². The van der Waals surface area contributed by atoms with Gasteiger partial charge in [-0.05, 0) is 36.5 Å². The van der Waals surface area contributed by atoms with Gasteiger partial charge in [-0.1, -0.05) is 32.1 Å². The van der Waals surface area contributed by atoms with Crippen molar-refractivity contribution in [3.8, 4) is 0 Å². The summed E-state index contributed by atoms with van der Waals surface area (Å²) < 4.78 is 0. The zero-order chi connectivity index (χ0) is 15.8. The number of carboxylic acids is 1. The standard InChI is InChI=1S/C17H24N2O3.Li/c20-15(12-13-8-10-18-11-9-13)19-16(17(21)22)14-6-4-2-1-3-5-7-14;/h8-11,14,16H,1-7,12H2,(H,19,20)(H,21,22);/q;+1/p-1. The molecule has 0 radical (unpaired) electrons. The number of aromatic nitrogens is 1. The van der Waals surface area contributed by atoms with Gasteiger partial charge in [0.2, 0.25) is 5.91 Å². The van der Waals surface area contributed by atoms with Crippen LogP contribution in [-0.4, -0.2) is 22.9 Å². The van der Waals surface area contributed by atoms with Gasteiger partial charge in [-0.15, -0.1) is 0 Å². The number of nitrogens with one attached hydrogen (secondary N) is 1. The van der Waals surface area contributed by atoms with Crippen molar-refractivity contribution in [2.45, 2.75) is 57.4 Å². The molecule has 120 valence electrons. The molecular formula is C17H23LiN2O3.